The molecule has 0 unspecified atom stereocenters. The maximum absolute atomic E-state index is 12.1. The van der Waals surface area contributed by atoms with E-state index in [-0.39, 0.29) is 11.5 Å². The number of anilines is 2. The predicted octanol–water partition coefficient (Wildman–Crippen LogP) is 1.92. The van der Waals surface area contributed by atoms with E-state index in [1.165, 1.54) is 18.5 Å². The number of carbonyl (C=O) groups excluding carboxylic acids is 1. The normalized spacial score (nSPS) is 10.1. The van der Waals surface area contributed by atoms with Gasteiger partial charge in [-0.3, -0.25) is 9.78 Å². The van der Waals surface area contributed by atoms with Gasteiger partial charge in [0.25, 0.3) is 5.91 Å². The van der Waals surface area contributed by atoms with Crippen LogP contribution in [0.1, 0.15) is 26.3 Å². The maximum Gasteiger partial charge on any atom is 0.337 e. The van der Waals surface area contributed by atoms with Crippen LogP contribution in [0.4, 0.5) is 11.4 Å². The van der Waals surface area contributed by atoms with Gasteiger partial charge in [-0.1, -0.05) is 6.07 Å². The highest BCUT2D eigenvalue weighted by atomic mass is 16.4. The van der Waals surface area contributed by atoms with Gasteiger partial charge in [0.1, 0.15) is 0 Å². The third-order valence-electron chi connectivity index (χ3n) is 2.86. The molecule has 0 bridgehead atoms. The average Bonchev–Trinajstić information content (AvgIpc) is 2.42. The van der Waals surface area contributed by atoms with E-state index in [2.05, 4.69) is 10.3 Å². The zero-order valence-electron chi connectivity index (χ0n) is 10.8. The van der Waals surface area contributed by atoms with E-state index in [9.17, 15) is 9.59 Å². The predicted molar refractivity (Wildman–Crippen MR) is 74.7 cm³/mol. The monoisotopic (exact) mass is 271 g/mol. The van der Waals surface area contributed by atoms with E-state index in [4.69, 9.17) is 10.8 Å². The Bertz CT molecular complexity index is 683. The van der Waals surface area contributed by atoms with Crippen LogP contribution in [0.3, 0.4) is 0 Å². The number of aromatic nitrogens is 1. The topological polar surface area (TPSA) is 105 Å². The largest absolute Gasteiger partial charge is 0.478 e. The van der Waals surface area contributed by atoms with Crippen LogP contribution in [0.15, 0.2) is 36.7 Å². The summed E-state index contributed by atoms with van der Waals surface area (Å²) in [6, 6.07) is 6.38. The van der Waals surface area contributed by atoms with E-state index in [0.29, 0.717) is 22.5 Å². The summed E-state index contributed by atoms with van der Waals surface area (Å²) in [6.07, 6.45) is 2.59. The fourth-order valence-corrected chi connectivity index (χ4v) is 1.72. The molecule has 4 N–H and O–H groups in total. The average molecular weight is 271 g/mol. The Morgan fingerprint density at radius 3 is 2.75 bits per heavy atom. The van der Waals surface area contributed by atoms with Crippen molar-refractivity contribution in [3.8, 4) is 0 Å². The summed E-state index contributed by atoms with van der Waals surface area (Å²) in [5, 5.41) is 11.5. The van der Waals surface area contributed by atoms with E-state index in [0.717, 1.165) is 0 Å². The van der Waals surface area contributed by atoms with Crippen LogP contribution in [0.5, 0.6) is 0 Å². The summed E-state index contributed by atoms with van der Waals surface area (Å²) in [5.41, 5.74) is 7.70. The van der Waals surface area contributed by atoms with Gasteiger partial charge < -0.3 is 16.2 Å². The van der Waals surface area contributed by atoms with Crippen molar-refractivity contribution in [2.75, 3.05) is 11.1 Å². The number of aromatic carboxylic acids is 1. The smallest absolute Gasteiger partial charge is 0.337 e. The molecule has 1 aromatic carbocycles. The first-order chi connectivity index (χ1) is 9.49. The van der Waals surface area contributed by atoms with Crippen LogP contribution in [-0.4, -0.2) is 22.0 Å². The molecule has 0 radical (unpaired) electrons. The standard InChI is InChI=1S/C14H13N3O3/c1-8-11(3-2-4-12(8)15)13(18)17-10-5-9(14(19)20)6-16-7-10/h2-7H,15H2,1H3,(H,17,18)(H,19,20). The van der Waals surface area contributed by atoms with Gasteiger partial charge in [0.2, 0.25) is 0 Å². The number of rotatable bonds is 3. The lowest BCUT2D eigenvalue weighted by Gasteiger charge is -2.09. The first-order valence-corrected chi connectivity index (χ1v) is 5.84. The molecule has 1 amide bonds. The maximum atomic E-state index is 12.1. The van der Waals surface area contributed by atoms with Gasteiger partial charge in [-0.15, -0.1) is 0 Å². The molecule has 0 fully saturated rings. The van der Waals surface area contributed by atoms with E-state index in [1.54, 1.807) is 25.1 Å². The Labute approximate surface area is 115 Å². The van der Waals surface area contributed by atoms with E-state index >= 15 is 0 Å². The number of benzene rings is 1. The molecule has 0 aliphatic carbocycles. The van der Waals surface area contributed by atoms with Crippen LogP contribution in [0, 0.1) is 6.92 Å². The number of amides is 1. The van der Waals surface area contributed by atoms with Crippen LogP contribution in [0.25, 0.3) is 0 Å². The molecular weight excluding hydrogens is 258 g/mol. The van der Waals surface area contributed by atoms with Gasteiger partial charge in [-0.05, 0) is 30.7 Å². The molecule has 0 saturated heterocycles. The highest BCUT2D eigenvalue weighted by Crippen LogP contribution is 2.17. The first kappa shape index (κ1) is 13.5. The fourth-order valence-electron chi connectivity index (χ4n) is 1.72. The Hall–Kier alpha value is -2.89. The lowest BCUT2D eigenvalue weighted by atomic mass is 10.1. The number of hydrogen-bond acceptors (Lipinski definition) is 4. The molecule has 0 spiro atoms. The zero-order valence-corrected chi connectivity index (χ0v) is 10.8. The Morgan fingerprint density at radius 1 is 1.30 bits per heavy atom. The van der Waals surface area contributed by atoms with Crippen molar-refractivity contribution < 1.29 is 14.7 Å². The molecule has 2 aromatic rings. The minimum Gasteiger partial charge on any atom is -0.478 e. The van der Waals surface area contributed by atoms with Crippen LogP contribution in [0.2, 0.25) is 0 Å². The fraction of sp³-hybridized carbons (Fsp3) is 0.0714. The number of carbonyl (C=O) groups is 2. The van der Waals surface area contributed by atoms with Gasteiger partial charge in [-0.25, -0.2) is 4.79 Å². The number of nitrogens with zero attached hydrogens (tertiary/aromatic N) is 1. The van der Waals surface area contributed by atoms with Gasteiger partial charge in [-0.2, -0.15) is 0 Å². The SMILES string of the molecule is Cc1c(N)cccc1C(=O)Nc1cncc(C(=O)O)c1. The second-order valence-electron chi connectivity index (χ2n) is 4.24. The van der Waals surface area contributed by atoms with E-state index < -0.39 is 5.97 Å². The molecule has 102 valence electrons. The van der Waals surface area contributed by atoms with Gasteiger partial charge in [0, 0.05) is 17.4 Å². The summed E-state index contributed by atoms with van der Waals surface area (Å²) >= 11 is 0. The lowest BCUT2D eigenvalue weighted by Crippen LogP contribution is -2.14. The molecular formula is C14H13N3O3. The third-order valence-corrected chi connectivity index (χ3v) is 2.86. The van der Waals surface area contributed by atoms with Crippen molar-refractivity contribution in [1.82, 2.24) is 4.98 Å². The molecule has 0 atom stereocenters. The Kier molecular flexibility index (Phi) is 3.65. The van der Waals surface area contributed by atoms with Crippen LogP contribution < -0.4 is 11.1 Å². The quantitative estimate of drug-likeness (QED) is 0.739. The molecule has 20 heavy (non-hydrogen) atoms. The summed E-state index contributed by atoms with van der Waals surface area (Å²) < 4.78 is 0. The molecule has 0 aliphatic rings. The molecule has 1 heterocycles. The summed E-state index contributed by atoms with van der Waals surface area (Å²) in [4.78, 5) is 26.7. The summed E-state index contributed by atoms with van der Waals surface area (Å²) in [6.45, 7) is 1.75. The van der Waals surface area contributed by atoms with Gasteiger partial charge >= 0.3 is 5.97 Å². The van der Waals surface area contributed by atoms with Gasteiger partial charge in [0.05, 0.1) is 17.4 Å². The second kappa shape index (κ2) is 5.40. The van der Waals surface area contributed by atoms with Crippen LogP contribution >= 0.6 is 0 Å². The number of pyridine rings is 1. The van der Waals surface area contributed by atoms with Crippen molar-refractivity contribution >= 4 is 23.3 Å². The van der Waals surface area contributed by atoms with Crippen molar-refractivity contribution in [2.24, 2.45) is 0 Å². The number of nitrogen functional groups attached to an aromatic ring is 1. The Morgan fingerprint density at radius 2 is 2.05 bits per heavy atom. The van der Waals surface area contributed by atoms with E-state index in [1.807, 2.05) is 0 Å². The molecule has 1 aromatic heterocycles. The van der Waals surface area contributed by atoms with Crippen molar-refractivity contribution in [3.05, 3.63) is 53.3 Å². The number of carboxylic acid groups (broad SMARTS) is 1. The minimum absolute atomic E-state index is 0.00657. The molecule has 2 rings (SSSR count). The highest BCUT2D eigenvalue weighted by Gasteiger charge is 2.12. The lowest BCUT2D eigenvalue weighted by molar-refractivity contribution is 0.0696. The molecule has 6 heteroatoms. The number of carboxylic acids is 1. The zero-order chi connectivity index (χ0) is 14.7. The third kappa shape index (κ3) is 2.74. The first-order valence-electron chi connectivity index (χ1n) is 5.84. The number of nitrogens with two attached hydrogens (primary N) is 1. The number of hydrogen-bond donors (Lipinski definition) is 3. The summed E-state index contributed by atoms with van der Waals surface area (Å²) in [5.74, 6) is -1.46. The van der Waals surface area contributed by atoms with Crippen molar-refractivity contribution in [2.45, 2.75) is 6.92 Å². The molecule has 6 nitrogen and oxygen atoms in total. The Balaban J connectivity index is 2.26. The number of nitrogens with one attached hydrogen (secondary N) is 1. The second-order valence-corrected chi connectivity index (χ2v) is 4.24. The van der Waals surface area contributed by atoms with Crippen molar-refractivity contribution in [1.29, 1.82) is 0 Å². The van der Waals surface area contributed by atoms with Crippen molar-refractivity contribution in [3.63, 3.8) is 0 Å². The molecule has 0 saturated carbocycles. The van der Waals surface area contributed by atoms with Gasteiger partial charge in [0.15, 0.2) is 0 Å². The molecule has 0 aliphatic heterocycles. The highest BCUT2D eigenvalue weighted by molar-refractivity contribution is 6.06. The van der Waals surface area contributed by atoms with Crippen LogP contribution in [-0.2, 0) is 0 Å². The summed E-state index contributed by atoms with van der Waals surface area (Å²) in [7, 11) is 0. The minimum atomic E-state index is -1.10.